The molecule has 1 saturated heterocycles. The van der Waals surface area contributed by atoms with Crippen molar-refractivity contribution in [3.8, 4) is 0 Å². The summed E-state index contributed by atoms with van der Waals surface area (Å²) in [4.78, 5) is 11.9. The van der Waals surface area contributed by atoms with Crippen LogP contribution in [0.2, 0.25) is 5.02 Å². The largest absolute Gasteiger partial charge is 0.324 e. The van der Waals surface area contributed by atoms with E-state index in [0.29, 0.717) is 10.7 Å². The second-order valence-electron chi connectivity index (χ2n) is 4.14. The monoisotopic (exact) mass is 256 g/mol. The predicted molar refractivity (Wildman–Crippen MR) is 65.6 cm³/mol. The van der Waals surface area contributed by atoms with Gasteiger partial charge in [0.15, 0.2) is 0 Å². The minimum absolute atomic E-state index is 0.0180. The smallest absolute Gasteiger partial charge is 0.227 e. The number of hydrogen-bond acceptors (Lipinski definition) is 2. The zero-order valence-electron chi connectivity index (χ0n) is 9.30. The number of anilines is 1. The molecule has 1 aliphatic rings. The number of carbonyl (C=O) groups excluding carboxylic acids is 1. The van der Waals surface area contributed by atoms with Crippen LogP contribution in [0.5, 0.6) is 0 Å². The Bertz CT molecular complexity index is 419. The average molecular weight is 257 g/mol. The first kappa shape index (κ1) is 12.3. The molecular formula is C12H14ClFN2O. The van der Waals surface area contributed by atoms with Crippen LogP contribution in [0, 0.1) is 11.7 Å². The zero-order valence-corrected chi connectivity index (χ0v) is 10.1. The molecule has 5 heteroatoms. The van der Waals surface area contributed by atoms with Gasteiger partial charge in [0.1, 0.15) is 5.82 Å². The van der Waals surface area contributed by atoms with Gasteiger partial charge in [-0.25, -0.2) is 4.39 Å². The summed E-state index contributed by atoms with van der Waals surface area (Å²) >= 11 is 5.89. The van der Waals surface area contributed by atoms with Gasteiger partial charge in [0.25, 0.3) is 0 Å². The Balaban J connectivity index is 2.04. The first-order valence-corrected chi connectivity index (χ1v) is 6.01. The molecule has 0 saturated carbocycles. The quantitative estimate of drug-likeness (QED) is 0.853. The number of carbonyl (C=O) groups is 1. The Morgan fingerprint density at radius 3 is 2.82 bits per heavy atom. The number of halogens is 2. The van der Waals surface area contributed by atoms with Crippen LogP contribution >= 0.6 is 11.6 Å². The lowest BCUT2D eigenvalue weighted by molar-refractivity contribution is -0.120. The fraction of sp³-hybridized carbons (Fsp3) is 0.417. The third-order valence-electron chi connectivity index (χ3n) is 2.90. The maximum atomic E-state index is 13.0. The summed E-state index contributed by atoms with van der Waals surface area (Å²) in [6, 6.07) is 3.94. The van der Waals surface area contributed by atoms with Crippen molar-refractivity contribution in [3.63, 3.8) is 0 Å². The molecule has 17 heavy (non-hydrogen) atoms. The molecule has 0 aliphatic carbocycles. The Hall–Kier alpha value is -1.13. The topological polar surface area (TPSA) is 41.1 Å². The van der Waals surface area contributed by atoms with Crippen molar-refractivity contribution < 1.29 is 9.18 Å². The van der Waals surface area contributed by atoms with Gasteiger partial charge in [-0.2, -0.15) is 0 Å². The van der Waals surface area contributed by atoms with Gasteiger partial charge < -0.3 is 10.6 Å². The lowest BCUT2D eigenvalue weighted by Crippen LogP contribution is -2.34. The molecule has 3 nitrogen and oxygen atoms in total. The summed E-state index contributed by atoms with van der Waals surface area (Å²) in [5.74, 6) is -0.510. The van der Waals surface area contributed by atoms with E-state index in [4.69, 9.17) is 11.6 Å². The van der Waals surface area contributed by atoms with Crippen LogP contribution in [0.15, 0.2) is 18.2 Å². The minimum atomic E-state index is -0.407. The van der Waals surface area contributed by atoms with Crippen LogP contribution in [0.4, 0.5) is 10.1 Å². The van der Waals surface area contributed by atoms with E-state index in [9.17, 15) is 9.18 Å². The average Bonchev–Trinajstić information content (AvgIpc) is 2.35. The van der Waals surface area contributed by atoms with Crippen LogP contribution in [0.3, 0.4) is 0 Å². The number of rotatable bonds is 2. The fourth-order valence-corrected chi connectivity index (χ4v) is 2.08. The van der Waals surface area contributed by atoms with Crippen LogP contribution in [0.1, 0.15) is 12.8 Å². The van der Waals surface area contributed by atoms with Gasteiger partial charge in [-0.15, -0.1) is 0 Å². The highest BCUT2D eigenvalue weighted by atomic mass is 35.5. The van der Waals surface area contributed by atoms with E-state index in [0.717, 1.165) is 25.9 Å². The van der Waals surface area contributed by atoms with E-state index in [-0.39, 0.29) is 11.8 Å². The van der Waals surface area contributed by atoms with Crippen molar-refractivity contribution >= 4 is 23.2 Å². The SMILES string of the molecule is O=C(Nc1cc(F)ccc1Cl)C1CCNCC1. The molecule has 0 atom stereocenters. The van der Waals surface area contributed by atoms with Gasteiger partial charge in [0.2, 0.25) is 5.91 Å². The third kappa shape index (κ3) is 3.17. The summed E-state index contributed by atoms with van der Waals surface area (Å²) in [6.45, 7) is 1.68. The predicted octanol–water partition coefficient (Wildman–Crippen LogP) is 2.42. The van der Waals surface area contributed by atoms with Gasteiger partial charge in [-0.1, -0.05) is 11.6 Å². The molecule has 92 valence electrons. The van der Waals surface area contributed by atoms with Gasteiger partial charge in [0, 0.05) is 5.92 Å². The standard InChI is InChI=1S/C12H14ClFN2O/c13-10-2-1-9(14)7-11(10)16-12(17)8-3-5-15-6-4-8/h1-2,7-8,15H,3-6H2,(H,16,17). The molecule has 0 aromatic heterocycles. The highest BCUT2D eigenvalue weighted by Gasteiger charge is 2.21. The molecule has 0 bridgehead atoms. The number of amides is 1. The van der Waals surface area contributed by atoms with Crippen molar-refractivity contribution in [3.05, 3.63) is 29.0 Å². The maximum absolute atomic E-state index is 13.0. The van der Waals surface area contributed by atoms with Gasteiger partial charge in [0.05, 0.1) is 10.7 Å². The molecule has 1 amide bonds. The summed E-state index contributed by atoms with van der Waals surface area (Å²) in [5.41, 5.74) is 0.343. The first-order chi connectivity index (χ1) is 8.16. The molecule has 1 aromatic rings. The van der Waals surface area contributed by atoms with Gasteiger partial charge >= 0.3 is 0 Å². The van der Waals surface area contributed by atoms with E-state index in [2.05, 4.69) is 10.6 Å². The van der Waals surface area contributed by atoms with Crippen LogP contribution < -0.4 is 10.6 Å². The number of hydrogen-bond donors (Lipinski definition) is 2. The molecule has 1 aliphatic heterocycles. The van der Waals surface area contributed by atoms with E-state index in [1.165, 1.54) is 18.2 Å². The molecule has 1 heterocycles. The number of piperidine rings is 1. The highest BCUT2D eigenvalue weighted by Crippen LogP contribution is 2.24. The lowest BCUT2D eigenvalue weighted by Gasteiger charge is -2.22. The van der Waals surface area contributed by atoms with Crippen molar-refractivity contribution in [1.29, 1.82) is 0 Å². The van der Waals surface area contributed by atoms with E-state index >= 15 is 0 Å². The van der Waals surface area contributed by atoms with Gasteiger partial charge in [-0.05, 0) is 44.1 Å². The molecule has 1 aromatic carbocycles. The Labute approximate surface area is 104 Å². The number of nitrogens with one attached hydrogen (secondary N) is 2. The van der Waals surface area contributed by atoms with Crippen molar-refractivity contribution in [1.82, 2.24) is 5.32 Å². The molecule has 2 rings (SSSR count). The molecule has 0 unspecified atom stereocenters. The fourth-order valence-electron chi connectivity index (χ4n) is 1.91. The second-order valence-corrected chi connectivity index (χ2v) is 4.54. The summed E-state index contributed by atoms with van der Waals surface area (Å²) in [7, 11) is 0. The molecule has 2 N–H and O–H groups in total. The van der Waals surface area contributed by atoms with E-state index in [1.54, 1.807) is 0 Å². The van der Waals surface area contributed by atoms with Crippen LogP contribution in [-0.4, -0.2) is 19.0 Å². The van der Waals surface area contributed by atoms with Gasteiger partial charge in [-0.3, -0.25) is 4.79 Å². The Kier molecular flexibility index (Phi) is 3.97. The Morgan fingerprint density at radius 1 is 1.41 bits per heavy atom. The molecule has 1 fully saturated rings. The summed E-state index contributed by atoms with van der Waals surface area (Å²) in [5, 5.41) is 6.23. The third-order valence-corrected chi connectivity index (χ3v) is 3.23. The normalized spacial score (nSPS) is 16.8. The zero-order chi connectivity index (χ0) is 12.3. The van der Waals surface area contributed by atoms with Crippen molar-refractivity contribution in [2.45, 2.75) is 12.8 Å². The lowest BCUT2D eigenvalue weighted by atomic mass is 9.97. The number of benzene rings is 1. The van der Waals surface area contributed by atoms with E-state index in [1.807, 2.05) is 0 Å². The van der Waals surface area contributed by atoms with E-state index < -0.39 is 5.82 Å². The van der Waals surface area contributed by atoms with Crippen molar-refractivity contribution in [2.75, 3.05) is 18.4 Å². The highest BCUT2D eigenvalue weighted by molar-refractivity contribution is 6.33. The molecule has 0 spiro atoms. The second kappa shape index (κ2) is 5.47. The molecule has 0 radical (unpaired) electrons. The maximum Gasteiger partial charge on any atom is 0.227 e. The van der Waals surface area contributed by atoms with Crippen LogP contribution in [-0.2, 0) is 4.79 Å². The summed E-state index contributed by atoms with van der Waals surface area (Å²) in [6.07, 6.45) is 1.61. The van der Waals surface area contributed by atoms with Crippen LogP contribution in [0.25, 0.3) is 0 Å². The van der Waals surface area contributed by atoms with Crippen molar-refractivity contribution in [2.24, 2.45) is 5.92 Å². The first-order valence-electron chi connectivity index (χ1n) is 5.63. The molecular weight excluding hydrogens is 243 g/mol. The summed E-state index contributed by atoms with van der Waals surface area (Å²) < 4.78 is 13.0. The Morgan fingerprint density at radius 2 is 2.12 bits per heavy atom. The minimum Gasteiger partial charge on any atom is -0.324 e.